The molecule has 0 heterocycles. The highest BCUT2D eigenvalue weighted by atomic mass is 127. The summed E-state index contributed by atoms with van der Waals surface area (Å²) in [6.07, 6.45) is 8.08. The van der Waals surface area contributed by atoms with Crippen LogP contribution in [-0.4, -0.2) is 40.3 Å². The minimum absolute atomic E-state index is 0. The summed E-state index contributed by atoms with van der Waals surface area (Å²) in [7, 11) is -0.661. The van der Waals surface area contributed by atoms with Crippen LogP contribution in [0.4, 0.5) is 0 Å². The Labute approximate surface area is 156 Å². The zero-order valence-electron chi connectivity index (χ0n) is 14.4. The van der Waals surface area contributed by atoms with Crippen LogP contribution in [-0.2, 0) is 10.8 Å². The number of aliphatic imine (C=N–C) groups is 1. The molecule has 0 aromatic carbocycles. The standard InChI is InChI=1S/C16H33N3OS.HI/c1-4-7-8-12-18-16(17-5-2)19-14-10-9-11-15(13-14)21(20)6-3;/h14-15H,4-13H2,1-3H3,(H2,17,18,19);1H. The predicted octanol–water partition coefficient (Wildman–Crippen LogP) is 3.43. The molecule has 0 spiro atoms. The van der Waals surface area contributed by atoms with Crippen molar-refractivity contribution in [3.05, 3.63) is 0 Å². The van der Waals surface area contributed by atoms with Crippen molar-refractivity contribution in [2.75, 3.05) is 18.8 Å². The maximum Gasteiger partial charge on any atom is 0.191 e. The van der Waals surface area contributed by atoms with Gasteiger partial charge in [-0.05, 0) is 32.6 Å². The van der Waals surface area contributed by atoms with E-state index in [-0.39, 0.29) is 24.0 Å². The van der Waals surface area contributed by atoms with E-state index in [1.54, 1.807) is 0 Å². The highest BCUT2D eigenvalue weighted by molar-refractivity contribution is 14.0. The van der Waals surface area contributed by atoms with Gasteiger partial charge in [-0.15, -0.1) is 24.0 Å². The molecule has 1 aliphatic rings. The molecule has 0 radical (unpaired) electrons. The molecule has 1 aliphatic carbocycles. The lowest BCUT2D eigenvalue weighted by Crippen LogP contribution is -2.46. The molecule has 0 bridgehead atoms. The molecule has 3 atom stereocenters. The van der Waals surface area contributed by atoms with Gasteiger partial charge < -0.3 is 10.6 Å². The third-order valence-electron chi connectivity index (χ3n) is 4.00. The Morgan fingerprint density at radius 3 is 2.64 bits per heavy atom. The fraction of sp³-hybridized carbons (Fsp3) is 0.938. The molecule has 0 amide bonds. The molecule has 0 aromatic heterocycles. The third-order valence-corrected chi connectivity index (χ3v) is 5.74. The summed E-state index contributed by atoms with van der Waals surface area (Å²) in [5, 5.41) is 7.24. The van der Waals surface area contributed by atoms with Gasteiger partial charge in [-0.25, -0.2) is 0 Å². The van der Waals surface area contributed by atoms with Gasteiger partial charge in [0.2, 0.25) is 0 Å². The molecule has 0 aromatic rings. The largest absolute Gasteiger partial charge is 0.357 e. The molecule has 132 valence electrons. The number of rotatable bonds is 8. The Balaban J connectivity index is 0.00000441. The van der Waals surface area contributed by atoms with Crippen molar-refractivity contribution in [1.82, 2.24) is 10.6 Å². The monoisotopic (exact) mass is 443 g/mol. The second-order valence-corrected chi connectivity index (χ2v) is 7.77. The van der Waals surface area contributed by atoms with Crippen LogP contribution in [0.5, 0.6) is 0 Å². The van der Waals surface area contributed by atoms with E-state index in [0.717, 1.165) is 50.5 Å². The maximum atomic E-state index is 12.0. The van der Waals surface area contributed by atoms with E-state index in [4.69, 9.17) is 0 Å². The minimum atomic E-state index is -0.661. The third kappa shape index (κ3) is 8.70. The first-order chi connectivity index (χ1) is 10.2. The molecule has 1 saturated carbocycles. The summed E-state index contributed by atoms with van der Waals surface area (Å²) in [6.45, 7) is 8.10. The molecule has 0 aliphatic heterocycles. The lowest BCUT2D eigenvalue weighted by Gasteiger charge is -2.30. The smallest absolute Gasteiger partial charge is 0.191 e. The van der Waals surface area contributed by atoms with Crippen molar-refractivity contribution in [1.29, 1.82) is 0 Å². The zero-order valence-corrected chi connectivity index (χ0v) is 17.5. The SMILES string of the molecule is CCCCCN=C(NCC)NC1CCCC(S(=O)CC)C1.I. The zero-order chi connectivity index (χ0) is 15.5. The Morgan fingerprint density at radius 1 is 1.23 bits per heavy atom. The van der Waals surface area contributed by atoms with Crippen LogP contribution in [0.2, 0.25) is 0 Å². The number of unbranched alkanes of at least 4 members (excludes halogenated alkanes) is 2. The number of guanidine groups is 1. The second kappa shape index (κ2) is 13.6. The predicted molar refractivity (Wildman–Crippen MR) is 109 cm³/mol. The van der Waals surface area contributed by atoms with Gasteiger partial charge in [0.25, 0.3) is 0 Å². The van der Waals surface area contributed by atoms with E-state index < -0.39 is 10.8 Å². The van der Waals surface area contributed by atoms with Gasteiger partial charge in [0, 0.05) is 40.9 Å². The molecular weight excluding hydrogens is 409 g/mol. The van der Waals surface area contributed by atoms with Crippen molar-refractivity contribution in [3.8, 4) is 0 Å². The van der Waals surface area contributed by atoms with Gasteiger partial charge in [-0.2, -0.15) is 0 Å². The summed E-state index contributed by atoms with van der Waals surface area (Å²) in [5.41, 5.74) is 0. The average Bonchev–Trinajstić information content (AvgIpc) is 2.51. The van der Waals surface area contributed by atoms with Gasteiger partial charge in [-0.3, -0.25) is 9.20 Å². The topological polar surface area (TPSA) is 53.5 Å². The first kappa shape index (κ1) is 22.1. The first-order valence-corrected chi connectivity index (χ1v) is 10.0. The normalized spacial score (nSPS) is 23.5. The lowest BCUT2D eigenvalue weighted by atomic mass is 9.95. The van der Waals surface area contributed by atoms with Gasteiger partial charge in [0.15, 0.2) is 5.96 Å². The Bertz CT molecular complexity index is 339. The van der Waals surface area contributed by atoms with Gasteiger partial charge in [-0.1, -0.05) is 33.1 Å². The van der Waals surface area contributed by atoms with Gasteiger partial charge >= 0.3 is 0 Å². The van der Waals surface area contributed by atoms with Crippen molar-refractivity contribution in [3.63, 3.8) is 0 Å². The summed E-state index contributed by atoms with van der Waals surface area (Å²) in [4.78, 5) is 4.65. The molecule has 4 nitrogen and oxygen atoms in total. The van der Waals surface area contributed by atoms with E-state index in [9.17, 15) is 4.21 Å². The molecule has 6 heteroatoms. The number of nitrogens with zero attached hydrogens (tertiary/aromatic N) is 1. The number of nitrogens with one attached hydrogen (secondary N) is 2. The van der Waals surface area contributed by atoms with Crippen LogP contribution in [0.25, 0.3) is 0 Å². The summed E-state index contributed by atoms with van der Waals surface area (Å²) in [6, 6.07) is 0.420. The Hall–Kier alpha value is 0.150. The van der Waals surface area contributed by atoms with Crippen LogP contribution < -0.4 is 10.6 Å². The first-order valence-electron chi connectivity index (χ1n) is 8.63. The molecule has 1 rings (SSSR count). The van der Waals surface area contributed by atoms with E-state index in [0.29, 0.717) is 11.3 Å². The summed E-state index contributed by atoms with van der Waals surface area (Å²) < 4.78 is 12.0. The van der Waals surface area contributed by atoms with Crippen molar-refractivity contribution < 1.29 is 4.21 Å². The van der Waals surface area contributed by atoms with Crippen LogP contribution in [0, 0.1) is 0 Å². The maximum absolute atomic E-state index is 12.0. The van der Waals surface area contributed by atoms with Crippen LogP contribution >= 0.6 is 24.0 Å². The Kier molecular flexibility index (Phi) is 13.7. The number of halogens is 1. The number of hydrogen-bond donors (Lipinski definition) is 2. The van der Waals surface area contributed by atoms with Crippen molar-refractivity contribution >= 4 is 40.7 Å². The van der Waals surface area contributed by atoms with Crippen LogP contribution in [0.15, 0.2) is 4.99 Å². The van der Waals surface area contributed by atoms with Gasteiger partial charge in [0.05, 0.1) is 0 Å². The minimum Gasteiger partial charge on any atom is -0.357 e. The van der Waals surface area contributed by atoms with Gasteiger partial charge in [0.1, 0.15) is 0 Å². The molecule has 1 fully saturated rings. The second-order valence-electron chi connectivity index (χ2n) is 5.77. The summed E-state index contributed by atoms with van der Waals surface area (Å²) >= 11 is 0. The van der Waals surface area contributed by atoms with E-state index in [1.165, 1.54) is 19.3 Å². The fourth-order valence-corrected chi connectivity index (χ4v) is 4.16. The van der Waals surface area contributed by atoms with Crippen molar-refractivity contribution in [2.24, 2.45) is 4.99 Å². The van der Waals surface area contributed by atoms with Crippen LogP contribution in [0.3, 0.4) is 0 Å². The number of hydrogen-bond acceptors (Lipinski definition) is 2. The van der Waals surface area contributed by atoms with E-state index in [1.807, 2.05) is 6.92 Å². The fourth-order valence-electron chi connectivity index (χ4n) is 2.82. The molecule has 2 N–H and O–H groups in total. The Morgan fingerprint density at radius 2 is 2.00 bits per heavy atom. The van der Waals surface area contributed by atoms with Crippen LogP contribution in [0.1, 0.15) is 65.7 Å². The summed E-state index contributed by atoms with van der Waals surface area (Å²) in [5.74, 6) is 1.71. The quantitative estimate of drug-likeness (QED) is 0.262. The molecule has 3 unspecified atom stereocenters. The molecule has 0 saturated heterocycles. The van der Waals surface area contributed by atoms with Crippen molar-refractivity contribution in [2.45, 2.75) is 77.0 Å². The average molecular weight is 443 g/mol. The highest BCUT2D eigenvalue weighted by Gasteiger charge is 2.25. The molecule has 22 heavy (non-hydrogen) atoms. The molecular formula is C16H34IN3OS. The van der Waals surface area contributed by atoms with E-state index >= 15 is 0 Å². The highest BCUT2D eigenvalue weighted by Crippen LogP contribution is 2.22. The lowest BCUT2D eigenvalue weighted by molar-refractivity contribution is 0.413. The van der Waals surface area contributed by atoms with E-state index in [2.05, 4.69) is 29.5 Å².